The van der Waals surface area contributed by atoms with Gasteiger partial charge in [0.15, 0.2) is 0 Å². The van der Waals surface area contributed by atoms with E-state index in [1.165, 1.54) is 35.1 Å². The van der Waals surface area contributed by atoms with Gasteiger partial charge in [-0.15, -0.1) is 22.7 Å². The van der Waals surface area contributed by atoms with Crippen molar-refractivity contribution < 1.29 is 38.1 Å². The van der Waals surface area contributed by atoms with Gasteiger partial charge in [0, 0.05) is 19.2 Å². The number of rotatable bonds is 10. The number of carbonyl (C=O) groups excluding carboxylic acids is 4. The fraction of sp³-hybridized carbons (Fsp3) is 0.593. The monoisotopic (exact) mass is 904 g/mol. The molecule has 0 amide bonds. The Morgan fingerprint density at radius 1 is 0.344 bits per heavy atom. The van der Waals surface area contributed by atoms with Crippen LogP contribution in [0.1, 0.15) is 201 Å². The number of hydrogen-bond donors (Lipinski definition) is 0. The van der Waals surface area contributed by atoms with Gasteiger partial charge in [0.1, 0.15) is 24.4 Å². The highest BCUT2D eigenvalue weighted by Crippen LogP contribution is 2.48. The second-order valence-electron chi connectivity index (χ2n) is 19.8. The fourth-order valence-corrected chi connectivity index (χ4v) is 14.1. The van der Waals surface area contributed by atoms with Crippen LogP contribution in [0, 0.1) is 23.7 Å². The zero-order valence-electron chi connectivity index (χ0n) is 37.3. The maximum atomic E-state index is 13.5. The molecule has 2 heterocycles. The molecule has 0 aliphatic heterocycles. The van der Waals surface area contributed by atoms with E-state index in [1.54, 1.807) is 22.7 Å². The first kappa shape index (κ1) is 43.9. The molecule has 4 aromatic rings. The van der Waals surface area contributed by atoms with Crippen molar-refractivity contribution in [1.82, 2.24) is 0 Å². The highest BCUT2D eigenvalue weighted by Gasteiger charge is 2.38. The first-order chi connectivity index (χ1) is 31.3. The Hall–Kier alpha value is -4.02. The van der Waals surface area contributed by atoms with Crippen LogP contribution in [0.2, 0.25) is 0 Å². The van der Waals surface area contributed by atoms with Crippen molar-refractivity contribution in [2.24, 2.45) is 23.7 Å². The Morgan fingerprint density at radius 3 is 0.922 bits per heavy atom. The molecule has 2 aromatic carbocycles. The Balaban J connectivity index is 0.912. The third kappa shape index (κ3) is 9.61. The van der Waals surface area contributed by atoms with Gasteiger partial charge in [-0.05, 0) is 135 Å². The third-order valence-corrected chi connectivity index (χ3v) is 17.9. The summed E-state index contributed by atoms with van der Waals surface area (Å²) in [6.45, 7) is 0. The molecule has 0 spiro atoms. The van der Waals surface area contributed by atoms with Crippen LogP contribution in [-0.4, -0.2) is 23.9 Å². The Kier molecular flexibility index (Phi) is 13.6. The zero-order chi connectivity index (χ0) is 43.6. The van der Waals surface area contributed by atoms with Gasteiger partial charge in [-0.25, -0.2) is 0 Å². The molecule has 10 heteroatoms. The number of thiophene rings is 2. The van der Waals surface area contributed by atoms with E-state index in [0.29, 0.717) is 25.7 Å². The average Bonchev–Trinajstić information content (AvgIpc) is 3.94. The van der Waals surface area contributed by atoms with Crippen molar-refractivity contribution >= 4 is 56.0 Å². The number of carbonyl (C=O) groups is 4. The van der Waals surface area contributed by atoms with Crippen LogP contribution in [0.3, 0.4) is 0 Å². The molecule has 4 saturated carbocycles. The molecule has 340 valence electrons. The molecule has 10 rings (SSSR count). The zero-order valence-corrected chi connectivity index (χ0v) is 38.9. The number of ether oxygens (including phenoxy) is 4. The van der Waals surface area contributed by atoms with E-state index < -0.39 is 0 Å². The highest BCUT2D eigenvalue weighted by atomic mass is 32.1. The smallest absolute Gasteiger partial charge is 0.309 e. The highest BCUT2D eigenvalue weighted by molar-refractivity contribution is 7.31. The average molecular weight is 905 g/mol. The van der Waals surface area contributed by atoms with Crippen LogP contribution >= 0.6 is 22.7 Å². The van der Waals surface area contributed by atoms with E-state index >= 15 is 0 Å². The Morgan fingerprint density at radius 2 is 0.625 bits per heavy atom. The molecule has 6 aliphatic carbocycles. The van der Waals surface area contributed by atoms with Gasteiger partial charge < -0.3 is 18.9 Å². The maximum Gasteiger partial charge on any atom is 0.309 e. The van der Waals surface area contributed by atoms with E-state index in [1.807, 2.05) is 0 Å². The quantitative estimate of drug-likeness (QED) is 0.114. The second kappa shape index (κ2) is 19.8. The van der Waals surface area contributed by atoms with Gasteiger partial charge in [0.05, 0.1) is 23.7 Å². The molecule has 4 atom stereocenters. The van der Waals surface area contributed by atoms with Gasteiger partial charge in [-0.1, -0.05) is 101 Å². The molecule has 0 radical (unpaired) electrons. The largest absolute Gasteiger partial charge is 0.457 e. The maximum absolute atomic E-state index is 13.5. The van der Waals surface area contributed by atoms with Gasteiger partial charge in [-0.2, -0.15) is 0 Å². The summed E-state index contributed by atoms with van der Waals surface area (Å²) < 4.78 is 27.6. The standard InChI is InChI=1S/C54H64O8S2/c55-51(33-13-5-1-6-14-33)59-43-25-27-45(61-53(57)35-17-9-3-10-18-35)41-29-37(21-23-39(41)43)47-31-49-50(63-47)32-48(64-49)38-22-24-40-42(30-38)46(62-54(58)36-19-11-4-12-20-36)28-26-44(40)60-52(56)34-15-7-2-8-16-34/h21-24,29-36,43-46H,1-20,25-28H2. The Bertz CT molecular complexity index is 2130. The van der Waals surface area contributed by atoms with Crippen LogP contribution in [0.5, 0.6) is 0 Å². The molecular weight excluding hydrogens is 841 g/mol. The van der Waals surface area contributed by atoms with E-state index in [-0.39, 0.29) is 72.0 Å². The summed E-state index contributed by atoms with van der Waals surface area (Å²) in [5.41, 5.74) is 5.98. The summed E-state index contributed by atoms with van der Waals surface area (Å²) in [5, 5.41) is 0. The molecule has 0 bridgehead atoms. The van der Waals surface area contributed by atoms with Gasteiger partial charge >= 0.3 is 23.9 Å². The molecule has 8 nitrogen and oxygen atoms in total. The van der Waals surface area contributed by atoms with Crippen molar-refractivity contribution in [3.63, 3.8) is 0 Å². The van der Waals surface area contributed by atoms with E-state index in [2.05, 4.69) is 48.5 Å². The van der Waals surface area contributed by atoms with Crippen LogP contribution in [0.15, 0.2) is 48.5 Å². The number of esters is 4. The lowest BCUT2D eigenvalue weighted by Gasteiger charge is -2.33. The third-order valence-electron chi connectivity index (χ3n) is 15.5. The van der Waals surface area contributed by atoms with Crippen molar-refractivity contribution in [3.8, 4) is 20.9 Å². The van der Waals surface area contributed by atoms with Gasteiger partial charge in [-0.3, -0.25) is 19.2 Å². The second-order valence-corrected chi connectivity index (χ2v) is 22.0. The topological polar surface area (TPSA) is 105 Å². The SMILES string of the molecule is O=C(OC1CCC(OC(=O)C2CCCCC2)c2cc(-c3cc4sc(-c5ccc6c(c5)C(OC(=O)C5CCCCC5)CCC6OC(=O)C5CCCCC5)cc4s3)ccc21)C1CCCCC1. The van der Waals surface area contributed by atoms with E-state index in [0.717, 1.165) is 146 Å². The normalized spacial score (nSPS) is 24.9. The van der Waals surface area contributed by atoms with Crippen molar-refractivity contribution in [1.29, 1.82) is 0 Å². The minimum atomic E-state index is -0.369. The van der Waals surface area contributed by atoms with Crippen molar-refractivity contribution in [3.05, 3.63) is 70.8 Å². The molecule has 6 aliphatic rings. The van der Waals surface area contributed by atoms with Gasteiger partial charge in [0.2, 0.25) is 0 Å². The van der Waals surface area contributed by atoms with Crippen LogP contribution in [0.4, 0.5) is 0 Å². The summed E-state index contributed by atoms with van der Waals surface area (Å²) >= 11 is 3.50. The number of benzene rings is 2. The molecule has 2 aromatic heterocycles. The lowest BCUT2D eigenvalue weighted by molar-refractivity contribution is -0.162. The first-order valence-corrected chi connectivity index (χ1v) is 26.6. The van der Waals surface area contributed by atoms with Crippen LogP contribution in [0.25, 0.3) is 30.3 Å². The Labute approximate surface area is 386 Å². The minimum absolute atomic E-state index is 0.0265. The molecule has 0 saturated heterocycles. The molecule has 4 fully saturated rings. The predicted octanol–water partition coefficient (Wildman–Crippen LogP) is 14.5. The minimum Gasteiger partial charge on any atom is -0.457 e. The summed E-state index contributed by atoms with van der Waals surface area (Å²) in [6.07, 6.45) is 21.6. The summed E-state index contributed by atoms with van der Waals surface area (Å²) in [6, 6.07) is 17.4. The summed E-state index contributed by atoms with van der Waals surface area (Å²) in [5.74, 6) is -0.474. The van der Waals surface area contributed by atoms with Crippen molar-refractivity contribution in [2.75, 3.05) is 0 Å². The molecule has 0 N–H and O–H groups in total. The van der Waals surface area contributed by atoms with Crippen LogP contribution in [-0.2, 0) is 38.1 Å². The van der Waals surface area contributed by atoms with E-state index in [4.69, 9.17) is 18.9 Å². The number of hydrogen-bond acceptors (Lipinski definition) is 10. The lowest BCUT2D eigenvalue weighted by atomic mass is 9.84. The fourth-order valence-electron chi connectivity index (χ4n) is 11.7. The summed E-state index contributed by atoms with van der Waals surface area (Å²) in [7, 11) is 0. The first-order valence-electron chi connectivity index (χ1n) is 25.0. The lowest BCUT2D eigenvalue weighted by Crippen LogP contribution is -2.28. The molecule has 4 unspecified atom stereocenters. The van der Waals surface area contributed by atoms with Crippen molar-refractivity contribution in [2.45, 2.75) is 179 Å². The summed E-state index contributed by atoms with van der Waals surface area (Å²) in [4.78, 5) is 56.1. The van der Waals surface area contributed by atoms with E-state index in [9.17, 15) is 19.2 Å². The predicted molar refractivity (Wildman–Crippen MR) is 251 cm³/mol. The number of fused-ring (bicyclic) bond motifs is 3. The molecule has 64 heavy (non-hydrogen) atoms. The van der Waals surface area contributed by atoms with Crippen LogP contribution < -0.4 is 0 Å². The van der Waals surface area contributed by atoms with Gasteiger partial charge in [0.25, 0.3) is 0 Å². The molecular formula is C54H64O8S2.